The molecule has 0 saturated heterocycles. The second-order valence-electron chi connectivity index (χ2n) is 4.41. The van der Waals surface area contributed by atoms with Crippen LogP contribution in [0.5, 0.6) is 0 Å². The topological polar surface area (TPSA) is 29.1 Å². The Kier molecular flexibility index (Phi) is 2.44. The lowest BCUT2D eigenvalue weighted by atomic mass is 9.88. The molecule has 0 radical (unpaired) electrons. The number of hydrogen-bond acceptors (Lipinski definition) is 1. The molecule has 1 amide bonds. The number of allylic oxidation sites excluding steroid dienone is 3. The molecule has 0 fully saturated rings. The first-order valence-corrected chi connectivity index (χ1v) is 5.39. The lowest BCUT2D eigenvalue weighted by Crippen LogP contribution is -2.27. The molecule has 2 atom stereocenters. The molecule has 1 aliphatic heterocycles. The van der Waals surface area contributed by atoms with E-state index in [1.807, 2.05) is 6.92 Å². The molecule has 0 aromatic rings. The third-order valence-corrected chi connectivity index (χ3v) is 3.27. The summed E-state index contributed by atoms with van der Waals surface area (Å²) in [5, 5.41) is 3.01. The van der Waals surface area contributed by atoms with Gasteiger partial charge in [-0.15, -0.1) is 0 Å². The van der Waals surface area contributed by atoms with E-state index >= 15 is 0 Å². The molecule has 0 spiro atoms. The number of amides is 1. The molecule has 0 bridgehead atoms. The van der Waals surface area contributed by atoms with Crippen LogP contribution >= 0.6 is 0 Å². The van der Waals surface area contributed by atoms with Gasteiger partial charge in [0.15, 0.2) is 0 Å². The van der Waals surface area contributed by atoms with E-state index in [2.05, 4.69) is 24.4 Å². The third kappa shape index (κ3) is 1.61. The minimum atomic E-state index is 0.154. The minimum Gasteiger partial charge on any atom is -0.326 e. The van der Waals surface area contributed by atoms with E-state index in [1.165, 1.54) is 5.57 Å². The van der Waals surface area contributed by atoms with Gasteiger partial charge in [0.2, 0.25) is 5.91 Å². The van der Waals surface area contributed by atoms with Crippen molar-refractivity contribution in [2.75, 3.05) is 0 Å². The highest BCUT2D eigenvalue weighted by atomic mass is 16.1. The molecule has 1 heterocycles. The van der Waals surface area contributed by atoms with Gasteiger partial charge in [-0.25, -0.2) is 0 Å². The molecule has 14 heavy (non-hydrogen) atoms. The maximum atomic E-state index is 11.6. The second kappa shape index (κ2) is 3.60. The fourth-order valence-electron chi connectivity index (χ4n) is 2.17. The average Bonchev–Trinajstić information content (AvgIpc) is 2.29. The normalized spacial score (nSPS) is 32.3. The molecule has 76 valence electrons. The van der Waals surface area contributed by atoms with Crippen LogP contribution in [-0.2, 0) is 4.79 Å². The lowest BCUT2D eigenvalue weighted by molar-refractivity contribution is -0.123. The van der Waals surface area contributed by atoms with Crippen LogP contribution in [0.1, 0.15) is 33.1 Å². The zero-order chi connectivity index (χ0) is 10.1. The van der Waals surface area contributed by atoms with E-state index < -0.39 is 0 Å². The van der Waals surface area contributed by atoms with Crippen molar-refractivity contribution >= 4 is 5.91 Å². The number of nitrogens with one attached hydrogen (secondary N) is 1. The van der Waals surface area contributed by atoms with Gasteiger partial charge in [0.1, 0.15) is 0 Å². The van der Waals surface area contributed by atoms with Gasteiger partial charge in [0.05, 0.1) is 0 Å². The first kappa shape index (κ1) is 9.50. The predicted octanol–water partition coefficient (Wildman–Crippen LogP) is 2.38. The molecule has 2 heteroatoms. The summed E-state index contributed by atoms with van der Waals surface area (Å²) in [7, 11) is 0. The summed E-state index contributed by atoms with van der Waals surface area (Å²) in [5.74, 6) is 0.926. The van der Waals surface area contributed by atoms with E-state index in [9.17, 15) is 4.79 Å². The van der Waals surface area contributed by atoms with Crippen LogP contribution in [0.4, 0.5) is 0 Å². The maximum absolute atomic E-state index is 11.6. The highest BCUT2D eigenvalue weighted by Gasteiger charge is 2.24. The largest absolute Gasteiger partial charge is 0.326 e. The van der Waals surface area contributed by atoms with Crippen LogP contribution in [0.3, 0.4) is 0 Å². The molecule has 2 aliphatic rings. The summed E-state index contributed by atoms with van der Waals surface area (Å²) in [5.41, 5.74) is 2.50. The Morgan fingerprint density at radius 3 is 2.93 bits per heavy atom. The van der Waals surface area contributed by atoms with Gasteiger partial charge in [-0.2, -0.15) is 0 Å². The Labute approximate surface area is 85.1 Å². The van der Waals surface area contributed by atoms with Crippen LogP contribution < -0.4 is 5.32 Å². The zero-order valence-corrected chi connectivity index (χ0v) is 8.84. The highest BCUT2D eigenvalue weighted by Crippen LogP contribution is 2.30. The summed E-state index contributed by atoms with van der Waals surface area (Å²) >= 11 is 0. The molecular formula is C12H17NO. The maximum Gasteiger partial charge on any atom is 0.227 e. The van der Waals surface area contributed by atoms with Crippen LogP contribution in [-0.4, -0.2) is 5.91 Å². The Balaban J connectivity index is 2.28. The van der Waals surface area contributed by atoms with Crippen molar-refractivity contribution < 1.29 is 4.79 Å². The van der Waals surface area contributed by atoms with Gasteiger partial charge in [-0.05, 0) is 36.8 Å². The van der Waals surface area contributed by atoms with E-state index in [0.29, 0.717) is 5.92 Å². The first-order valence-electron chi connectivity index (χ1n) is 5.39. The van der Waals surface area contributed by atoms with Gasteiger partial charge >= 0.3 is 0 Å². The Bertz CT molecular complexity index is 314. The molecule has 0 saturated carbocycles. The van der Waals surface area contributed by atoms with E-state index in [4.69, 9.17) is 0 Å². The fourth-order valence-corrected chi connectivity index (χ4v) is 2.17. The van der Waals surface area contributed by atoms with E-state index in [0.717, 1.165) is 25.0 Å². The fraction of sp³-hybridized carbons (Fsp3) is 0.583. The molecule has 2 nitrogen and oxygen atoms in total. The van der Waals surface area contributed by atoms with Crippen LogP contribution in [0.2, 0.25) is 0 Å². The van der Waals surface area contributed by atoms with Gasteiger partial charge in [0, 0.05) is 11.6 Å². The van der Waals surface area contributed by atoms with Gasteiger partial charge in [0.25, 0.3) is 0 Å². The van der Waals surface area contributed by atoms with Crippen molar-refractivity contribution in [3.05, 3.63) is 23.4 Å². The smallest absolute Gasteiger partial charge is 0.227 e. The standard InChI is InChI=1S/C12H17NO/c1-8-4-3-5-11-10(8)7-6-9(2)12(14)13-11/h3,5,8-9H,4,6-7H2,1-2H3,(H,13,14)/t8-,9?/m0/s1. The van der Waals surface area contributed by atoms with Crippen molar-refractivity contribution in [3.63, 3.8) is 0 Å². The monoisotopic (exact) mass is 191 g/mol. The molecule has 0 aromatic heterocycles. The predicted molar refractivity (Wildman–Crippen MR) is 56.5 cm³/mol. The highest BCUT2D eigenvalue weighted by molar-refractivity contribution is 5.81. The number of hydrogen-bond donors (Lipinski definition) is 1. The molecule has 1 aliphatic carbocycles. The molecule has 1 unspecified atom stereocenters. The van der Waals surface area contributed by atoms with Crippen molar-refractivity contribution in [2.45, 2.75) is 33.1 Å². The van der Waals surface area contributed by atoms with Gasteiger partial charge in [-0.1, -0.05) is 19.9 Å². The number of carbonyl (C=O) groups is 1. The Hall–Kier alpha value is -1.05. The molecule has 1 N–H and O–H groups in total. The van der Waals surface area contributed by atoms with Crippen molar-refractivity contribution in [1.29, 1.82) is 0 Å². The summed E-state index contributed by atoms with van der Waals surface area (Å²) < 4.78 is 0. The van der Waals surface area contributed by atoms with E-state index in [1.54, 1.807) is 0 Å². The first-order chi connectivity index (χ1) is 6.68. The summed E-state index contributed by atoms with van der Waals surface area (Å²) in [6.07, 6.45) is 7.39. The lowest BCUT2D eigenvalue weighted by Gasteiger charge is -2.20. The van der Waals surface area contributed by atoms with Crippen LogP contribution in [0, 0.1) is 11.8 Å². The quantitative estimate of drug-likeness (QED) is 0.625. The van der Waals surface area contributed by atoms with Crippen molar-refractivity contribution in [2.24, 2.45) is 11.8 Å². The summed E-state index contributed by atoms with van der Waals surface area (Å²) in [6, 6.07) is 0. The van der Waals surface area contributed by atoms with Crippen LogP contribution in [0.25, 0.3) is 0 Å². The van der Waals surface area contributed by atoms with E-state index in [-0.39, 0.29) is 11.8 Å². The van der Waals surface area contributed by atoms with Crippen molar-refractivity contribution in [3.8, 4) is 0 Å². The summed E-state index contributed by atoms with van der Waals surface area (Å²) in [6.45, 7) is 4.24. The summed E-state index contributed by atoms with van der Waals surface area (Å²) in [4.78, 5) is 11.6. The number of carbonyl (C=O) groups excluding carboxylic acids is 1. The minimum absolute atomic E-state index is 0.154. The third-order valence-electron chi connectivity index (χ3n) is 3.27. The Morgan fingerprint density at radius 1 is 1.36 bits per heavy atom. The molecule has 2 rings (SSSR count). The average molecular weight is 191 g/mol. The van der Waals surface area contributed by atoms with Crippen molar-refractivity contribution in [1.82, 2.24) is 5.32 Å². The van der Waals surface area contributed by atoms with Gasteiger partial charge in [-0.3, -0.25) is 4.79 Å². The number of rotatable bonds is 0. The van der Waals surface area contributed by atoms with Gasteiger partial charge < -0.3 is 5.32 Å². The zero-order valence-electron chi connectivity index (χ0n) is 8.84. The molecule has 0 aromatic carbocycles. The van der Waals surface area contributed by atoms with Crippen LogP contribution in [0.15, 0.2) is 23.4 Å². The molecular weight excluding hydrogens is 174 g/mol. The second-order valence-corrected chi connectivity index (χ2v) is 4.41. The SMILES string of the molecule is CC1CCC2=C(C=CC[C@@H]2C)NC1=O. The Morgan fingerprint density at radius 2 is 2.14 bits per heavy atom.